The van der Waals surface area contributed by atoms with Crippen LogP contribution in [0.1, 0.15) is 34.6 Å². The lowest BCUT2D eigenvalue weighted by molar-refractivity contribution is -0.127. The second-order valence-electron chi connectivity index (χ2n) is 8.54. The van der Waals surface area contributed by atoms with Gasteiger partial charge in [-0.3, -0.25) is 0 Å². The van der Waals surface area contributed by atoms with Crippen LogP contribution in [0.3, 0.4) is 0 Å². The molecule has 0 aliphatic carbocycles. The fourth-order valence-corrected chi connectivity index (χ4v) is 3.21. The minimum atomic E-state index is -0.374. The van der Waals surface area contributed by atoms with Crippen LogP contribution in [0.2, 0.25) is 0 Å². The van der Waals surface area contributed by atoms with Gasteiger partial charge in [-0.25, -0.2) is 9.59 Å². The van der Waals surface area contributed by atoms with Crippen LogP contribution in [0, 0.1) is 10.8 Å². The van der Waals surface area contributed by atoms with Gasteiger partial charge in [0.2, 0.25) is 0 Å². The lowest BCUT2D eigenvalue weighted by Crippen LogP contribution is -2.44. The molecule has 6 nitrogen and oxygen atoms in total. The predicted molar refractivity (Wildman–Crippen MR) is 102 cm³/mol. The molecule has 0 unspecified atom stereocenters. The number of carbonyl (C=O) groups excluding carboxylic acids is 2. The Balaban J connectivity index is 1.45. The van der Waals surface area contributed by atoms with Crippen molar-refractivity contribution < 1.29 is 28.5 Å². The van der Waals surface area contributed by atoms with E-state index in [1.165, 1.54) is 0 Å². The zero-order valence-electron chi connectivity index (χ0n) is 16.2. The Bertz CT molecular complexity index is 840. The van der Waals surface area contributed by atoms with E-state index in [0.717, 1.165) is 10.8 Å². The number of esters is 2. The molecule has 2 aromatic carbocycles. The molecule has 148 valence electrons. The molecule has 4 rings (SSSR count). The Morgan fingerprint density at radius 1 is 0.786 bits per heavy atom. The Labute approximate surface area is 163 Å². The molecule has 2 heterocycles. The zero-order valence-corrected chi connectivity index (χ0v) is 16.2. The van der Waals surface area contributed by atoms with Gasteiger partial charge in [-0.2, -0.15) is 0 Å². The third kappa shape index (κ3) is 3.88. The van der Waals surface area contributed by atoms with E-state index in [9.17, 15) is 9.59 Å². The van der Waals surface area contributed by atoms with Crippen LogP contribution in [0.25, 0.3) is 10.8 Å². The second-order valence-corrected chi connectivity index (χ2v) is 8.54. The molecule has 0 radical (unpaired) electrons. The first-order valence-corrected chi connectivity index (χ1v) is 9.40. The highest BCUT2D eigenvalue weighted by Gasteiger charge is 2.35. The van der Waals surface area contributed by atoms with Crippen LogP contribution in [0.4, 0.5) is 0 Å². The van der Waals surface area contributed by atoms with E-state index in [4.69, 9.17) is 18.9 Å². The van der Waals surface area contributed by atoms with Crippen LogP contribution in [0.15, 0.2) is 36.4 Å². The monoisotopic (exact) mass is 384 g/mol. The zero-order chi connectivity index (χ0) is 19.8. The maximum atomic E-state index is 12.4. The molecule has 0 amide bonds. The summed E-state index contributed by atoms with van der Waals surface area (Å²) in [5, 5.41) is 1.73. The van der Waals surface area contributed by atoms with Crippen LogP contribution >= 0.6 is 0 Å². The average molecular weight is 384 g/mol. The van der Waals surface area contributed by atoms with E-state index in [-0.39, 0.29) is 22.8 Å². The van der Waals surface area contributed by atoms with Gasteiger partial charge >= 0.3 is 11.9 Å². The van der Waals surface area contributed by atoms with Gasteiger partial charge in [0, 0.05) is 10.8 Å². The minimum absolute atomic E-state index is 0.0917. The standard InChI is InChI=1S/C22H24O6/c1-21(9-25-10-21)13-27-19(23)16-5-3-15-4-6-17(8-18(15)7-16)20(24)28-14-22(2)11-26-12-22/h3-8H,9-14H2,1-2H3. The summed E-state index contributed by atoms with van der Waals surface area (Å²) in [6, 6.07) is 10.7. The first-order chi connectivity index (χ1) is 13.4. The van der Waals surface area contributed by atoms with Gasteiger partial charge in [0.15, 0.2) is 0 Å². The molecule has 2 fully saturated rings. The fourth-order valence-electron chi connectivity index (χ4n) is 3.21. The Hall–Kier alpha value is -2.44. The van der Waals surface area contributed by atoms with E-state index >= 15 is 0 Å². The first kappa shape index (κ1) is 18.9. The van der Waals surface area contributed by atoms with Crippen LogP contribution in [-0.4, -0.2) is 51.6 Å². The van der Waals surface area contributed by atoms with Crippen molar-refractivity contribution >= 4 is 22.7 Å². The molecule has 0 spiro atoms. The molecule has 2 aromatic rings. The molecule has 0 bridgehead atoms. The average Bonchev–Trinajstić information content (AvgIpc) is 2.66. The molecule has 0 aromatic heterocycles. The van der Waals surface area contributed by atoms with Gasteiger partial charge in [-0.05, 0) is 35.0 Å². The molecule has 0 saturated carbocycles. The van der Waals surface area contributed by atoms with Gasteiger partial charge in [-0.1, -0.05) is 26.0 Å². The summed E-state index contributed by atoms with van der Waals surface area (Å²) in [5.74, 6) is -0.748. The van der Waals surface area contributed by atoms with Crippen molar-refractivity contribution in [1.82, 2.24) is 0 Å². The normalized spacial score (nSPS) is 19.4. The van der Waals surface area contributed by atoms with Crippen molar-refractivity contribution in [3.05, 3.63) is 47.5 Å². The summed E-state index contributed by atoms with van der Waals surface area (Å²) >= 11 is 0. The number of benzene rings is 2. The van der Waals surface area contributed by atoms with Crippen molar-refractivity contribution in [2.24, 2.45) is 10.8 Å². The van der Waals surface area contributed by atoms with E-state index in [1.807, 2.05) is 26.0 Å². The number of hydrogen-bond donors (Lipinski definition) is 0. The van der Waals surface area contributed by atoms with Gasteiger partial charge in [0.1, 0.15) is 13.2 Å². The minimum Gasteiger partial charge on any atom is -0.461 e. The van der Waals surface area contributed by atoms with E-state index in [2.05, 4.69) is 0 Å². The maximum absolute atomic E-state index is 12.4. The lowest BCUT2D eigenvalue weighted by Gasteiger charge is -2.37. The number of carbonyl (C=O) groups is 2. The summed E-state index contributed by atoms with van der Waals surface area (Å²) < 4.78 is 21.2. The summed E-state index contributed by atoms with van der Waals surface area (Å²) in [6.07, 6.45) is 0. The molecule has 2 aliphatic heterocycles. The van der Waals surface area contributed by atoms with Crippen molar-refractivity contribution in [2.75, 3.05) is 39.6 Å². The molecular weight excluding hydrogens is 360 g/mol. The Morgan fingerprint density at radius 2 is 1.21 bits per heavy atom. The van der Waals surface area contributed by atoms with Gasteiger partial charge in [-0.15, -0.1) is 0 Å². The number of rotatable bonds is 6. The number of ether oxygens (including phenoxy) is 4. The summed E-state index contributed by atoms with van der Waals surface area (Å²) in [4.78, 5) is 24.8. The fraction of sp³-hybridized carbons (Fsp3) is 0.455. The van der Waals surface area contributed by atoms with E-state index in [1.54, 1.807) is 24.3 Å². The molecule has 6 heteroatoms. The van der Waals surface area contributed by atoms with Crippen LogP contribution < -0.4 is 0 Å². The third-order valence-corrected chi connectivity index (χ3v) is 5.22. The number of fused-ring (bicyclic) bond motifs is 1. The van der Waals surface area contributed by atoms with Crippen LogP contribution in [0.5, 0.6) is 0 Å². The van der Waals surface area contributed by atoms with E-state index < -0.39 is 0 Å². The van der Waals surface area contributed by atoms with Crippen molar-refractivity contribution in [2.45, 2.75) is 13.8 Å². The SMILES string of the molecule is CC1(COC(=O)c2ccc3ccc(C(=O)OCC4(C)COC4)cc3c2)COC1. The first-order valence-electron chi connectivity index (χ1n) is 9.40. The van der Waals surface area contributed by atoms with Crippen molar-refractivity contribution in [3.63, 3.8) is 0 Å². The molecule has 2 saturated heterocycles. The van der Waals surface area contributed by atoms with Crippen molar-refractivity contribution in [3.8, 4) is 0 Å². The molecule has 2 aliphatic rings. The smallest absolute Gasteiger partial charge is 0.338 e. The lowest BCUT2D eigenvalue weighted by atomic mass is 9.90. The highest BCUT2D eigenvalue weighted by Crippen LogP contribution is 2.28. The second kappa shape index (κ2) is 7.18. The molecular formula is C22H24O6. The van der Waals surface area contributed by atoms with Crippen molar-refractivity contribution in [1.29, 1.82) is 0 Å². The Morgan fingerprint density at radius 3 is 1.57 bits per heavy atom. The summed E-state index contributed by atoms with van der Waals surface area (Å²) in [7, 11) is 0. The molecule has 0 atom stereocenters. The topological polar surface area (TPSA) is 71.1 Å². The van der Waals surface area contributed by atoms with Gasteiger partial charge in [0.05, 0.1) is 37.6 Å². The highest BCUT2D eigenvalue weighted by atomic mass is 16.6. The number of hydrogen-bond acceptors (Lipinski definition) is 6. The Kier molecular flexibility index (Phi) is 4.85. The largest absolute Gasteiger partial charge is 0.461 e. The third-order valence-electron chi connectivity index (χ3n) is 5.22. The predicted octanol–water partition coefficient (Wildman–Crippen LogP) is 3.23. The van der Waals surface area contributed by atoms with Gasteiger partial charge in [0.25, 0.3) is 0 Å². The summed E-state index contributed by atoms with van der Waals surface area (Å²) in [6.45, 7) is 7.14. The quantitative estimate of drug-likeness (QED) is 0.712. The van der Waals surface area contributed by atoms with Gasteiger partial charge < -0.3 is 18.9 Å². The van der Waals surface area contributed by atoms with Crippen LogP contribution in [-0.2, 0) is 18.9 Å². The molecule has 28 heavy (non-hydrogen) atoms. The summed E-state index contributed by atoms with van der Waals surface area (Å²) in [5.41, 5.74) is 0.735. The maximum Gasteiger partial charge on any atom is 0.338 e. The highest BCUT2D eigenvalue weighted by molar-refractivity contribution is 5.99. The molecule has 0 N–H and O–H groups in total. The van der Waals surface area contributed by atoms with E-state index in [0.29, 0.717) is 50.8 Å².